The number of ether oxygens (including phenoxy) is 1. The van der Waals surface area contributed by atoms with Crippen molar-refractivity contribution in [3.8, 4) is 5.75 Å². The summed E-state index contributed by atoms with van der Waals surface area (Å²) in [4.78, 5) is 2.40. The fraction of sp³-hybridized carbons (Fsp3) is 0.667. The van der Waals surface area contributed by atoms with Gasteiger partial charge in [-0.2, -0.15) is 0 Å². The largest absolute Gasteiger partial charge is 0.492 e. The lowest BCUT2D eigenvalue weighted by Gasteiger charge is -2.18. The number of benzene rings is 1. The number of nitrogens with one attached hydrogen (secondary N) is 1. The SMILES string of the molecule is CC1CC1CN(C)CCOc1ccccc1CNC1CC1. The van der Waals surface area contributed by atoms with Crippen molar-refractivity contribution in [1.82, 2.24) is 10.2 Å². The molecule has 2 fully saturated rings. The number of nitrogens with zero attached hydrogens (tertiary/aromatic N) is 1. The fourth-order valence-corrected chi connectivity index (χ4v) is 2.79. The Labute approximate surface area is 128 Å². The molecule has 0 aliphatic heterocycles. The molecule has 0 radical (unpaired) electrons. The highest BCUT2D eigenvalue weighted by Crippen LogP contribution is 2.37. The second-order valence-electron chi connectivity index (χ2n) is 6.85. The Balaban J connectivity index is 1.41. The third-order valence-electron chi connectivity index (χ3n) is 4.68. The van der Waals surface area contributed by atoms with Gasteiger partial charge in [0.25, 0.3) is 0 Å². The standard InChI is InChI=1S/C18H28N2O/c1-14-11-16(14)13-20(2)9-10-21-18-6-4-3-5-15(18)12-19-17-7-8-17/h3-6,14,16-17,19H,7-13H2,1-2H3. The third kappa shape index (κ3) is 4.72. The minimum absolute atomic E-state index is 0.740. The van der Waals surface area contributed by atoms with E-state index in [9.17, 15) is 0 Å². The van der Waals surface area contributed by atoms with Crippen molar-refractivity contribution in [2.75, 3.05) is 26.7 Å². The van der Waals surface area contributed by atoms with Gasteiger partial charge in [0.05, 0.1) is 0 Å². The molecule has 2 saturated carbocycles. The molecule has 3 nitrogen and oxygen atoms in total. The van der Waals surface area contributed by atoms with Gasteiger partial charge in [-0.1, -0.05) is 25.1 Å². The van der Waals surface area contributed by atoms with Gasteiger partial charge in [0.1, 0.15) is 12.4 Å². The van der Waals surface area contributed by atoms with Crippen LogP contribution in [0.3, 0.4) is 0 Å². The van der Waals surface area contributed by atoms with Crippen LogP contribution in [0.25, 0.3) is 0 Å². The van der Waals surface area contributed by atoms with Crippen LogP contribution in [0.2, 0.25) is 0 Å². The Morgan fingerprint density at radius 2 is 2.05 bits per heavy atom. The van der Waals surface area contributed by atoms with Gasteiger partial charge in [0, 0.05) is 31.2 Å². The highest BCUT2D eigenvalue weighted by molar-refractivity contribution is 5.33. The van der Waals surface area contributed by atoms with E-state index in [4.69, 9.17) is 4.74 Å². The molecule has 2 unspecified atom stereocenters. The molecule has 2 aliphatic rings. The summed E-state index contributed by atoms with van der Waals surface area (Å²) >= 11 is 0. The maximum absolute atomic E-state index is 6.01. The Morgan fingerprint density at radius 3 is 2.76 bits per heavy atom. The molecule has 3 heteroatoms. The molecule has 1 aromatic carbocycles. The highest BCUT2D eigenvalue weighted by atomic mass is 16.5. The Kier molecular flexibility index (Phi) is 4.81. The topological polar surface area (TPSA) is 24.5 Å². The van der Waals surface area contributed by atoms with E-state index in [-0.39, 0.29) is 0 Å². The highest BCUT2D eigenvalue weighted by Gasteiger charge is 2.32. The van der Waals surface area contributed by atoms with Crippen molar-refractivity contribution in [2.24, 2.45) is 11.8 Å². The quantitative estimate of drug-likeness (QED) is 0.756. The molecular weight excluding hydrogens is 260 g/mol. The summed E-state index contributed by atoms with van der Waals surface area (Å²) in [6, 6.07) is 9.15. The van der Waals surface area contributed by atoms with Gasteiger partial charge in [-0.3, -0.25) is 0 Å². The van der Waals surface area contributed by atoms with E-state index in [1.807, 2.05) is 0 Å². The van der Waals surface area contributed by atoms with Crippen molar-refractivity contribution in [1.29, 1.82) is 0 Å². The van der Waals surface area contributed by atoms with E-state index in [1.54, 1.807) is 0 Å². The Bertz CT molecular complexity index is 458. The average molecular weight is 288 g/mol. The summed E-state index contributed by atoms with van der Waals surface area (Å²) in [5, 5.41) is 3.56. The lowest BCUT2D eigenvalue weighted by atomic mass is 10.2. The van der Waals surface area contributed by atoms with Crippen LogP contribution in [-0.4, -0.2) is 37.7 Å². The van der Waals surface area contributed by atoms with E-state index >= 15 is 0 Å². The first-order valence-corrected chi connectivity index (χ1v) is 8.35. The molecule has 0 spiro atoms. The molecule has 116 valence electrons. The van der Waals surface area contributed by atoms with Crippen LogP contribution < -0.4 is 10.1 Å². The first-order chi connectivity index (χ1) is 10.2. The van der Waals surface area contributed by atoms with Crippen molar-refractivity contribution >= 4 is 0 Å². The van der Waals surface area contributed by atoms with Crippen molar-refractivity contribution in [2.45, 2.75) is 38.8 Å². The van der Waals surface area contributed by atoms with Crippen LogP contribution in [0.15, 0.2) is 24.3 Å². The number of likely N-dealkylation sites (N-methyl/N-ethyl adjacent to an activating group) is 1. The average Bonchev–Trinajstić information content (AvgIpc) is 3.38. The van der Waals surface area contributed by atoms with Crippen LogP contribution in [0, 0.1) is 11.8 Å². The van der Waals surface area contributed by atoms with Crippen LogP contribution >= 0.6 is 0 Å². The maximum Gasteiger partial charge on any atom is 0.123 e. The first kappa shape index (κ1) is 14.9. The number of hydrogen-bond acceptors (Lipinski definition) is 3. The second kappa shape index (κ2) is 6.80. The molecule has 1 aromatic rings. The van der Waals surface area contributed by atoms with Crippen LogP contribution in [0.4, 0.5) is 0 Å². The zero-order chi connectivity index (χ0) is 14.7. The van der Waals surface area contributed by atoms with Gasteiger partial charge < -0.3 is 15.0 Å². The lowest BCUT2D eigenvalue weighted by Crippen LogP contribution is -2.27. The van der Waals surface area contributed by atoms with Gasteiger partial charge in [-0.05, 0) is 44.2 Å². The molecule has 3 rings (SSSR count). The monoisotopic (exact) mass is 288 g/mol. The van der Waals surface area contributed by atoms with Crippen LogP contribution in [-0.2, 0) is 6.54 Å². The molecule has 2 atom stereocenters. The lowest BCUT2D eigenvalue weighted by molar-refractivity contribution is 0.229. The number of hydrogen-bond donors (Lipinski definition) is 1. The Morgan fingerprint density at radius 1 is 1.29 bits per heavy atom. The Hall–Kier alpha value is -1.06. The molecule has 2 aliphatic carbocycles. The fourth-order valence-electron chi connectivity index (χ4n) is 2.79. The first-order valence-electron chi connectivity index (χ1n) is 8.35. The molecular formula is C18H28N2O. The third-order valence-corrected chi connectivity index (χ3v) is 4.68. The van der Waals surface area contributed by atoms with E-state index < -0.39 is 0 Å². The predicted octanol–water partition coefficient (Wildman–Crippen LogP) is 2.91. The number of rotatable bonds is 9. The molecule has 0 amide bonds. The summed E-state index contributed by atoms with van der Waals surface area (Å²) in [6.45, 7) is 6.27. The van der Waals surface area contributed by atoms with E-state index in [2.05, 4.69) is 48.5 Å². The van der Waals surface area contributed by atoms with Gasteiger partial charge in [-0.15, -0.1) is 0 Å². The molecule has 0 bridgehead atoms. The van der Waals surface area contributed by atoms with Crippen molar-refractivity contribution in [3.05, 3.63) is 29.8 Å². The van der Waals surface area contributed by atoms with Gasteiger partial charge in [-0.25, -0.2) is 0 Å². The molecule has 0 aromatic heterocycles. The molecule has 21 heavy (non-hydrogen) atoms. The zero-order valence-corrected chi connectivity index (χ0v) is 13.3. The normalized spacial score (nSPS) is 24.3. The van der Waals surface area contributed by atoms with E-state index in [1.165, 1.54) is 31.4 Å². The summed E-state index contributed by atoms with van der Waals surface area (Å²) < 4.78 is 6.01. The van der Waals surface area contributed by atoms with Gasteiger partial charge >= 0.3 is 0 Å². The molecule has 0 saturated heterocycles. The van der Waals surface area contributed by atoms with Crippen molar-refractivity contribution in [3.63, 3.8) is 0 Å². The summed E-state index contributed by atoms with van der Waals surface area (Å²) in [5.41, 5.74) is 1.28. The van der Waals surface area contributed by atoms with Gasteiger partial charge in [0.2, 0.25) is 0 Å². The van der Waals surface area contributed by atoms with Crippen LogP contribution in [0.5, 0.6) is 5.75 Å². The maximum atomic E-state index is 6.01. The molecule has 0 heterocycles. The smallest absolute Gasteiger partial charge is 0.123 e. The number of para-hydroxylation sites is 1. The van der Waals surface area contributed by atoms with E-state index in [0.717, 1.165) is 43.3 Å². The van der Waals surface area contributed by atoms with E-state index in [0.29, 0.717) is 0 Å². The van der Waals surface area contributed by atoms with Crippen molar-refractivity contribution < 1.29 is 4.74 Å². The summed E-state index contributed by atoms with van der Waals surface area (Å²) in [7, 11) is 2.20. The summed E-state index contributed by atoms with van der Waals surface area (Å²) in [5.74, 6) is 2.89. The zero-order valence-electron chi connectivity index (χ0n) is 13.3. The minimum Gasteiger partial charge on any atom is -0.492 e. The van der Waals surface area contributed by atoms with Gasteiger partial charge in [0.15, 0.2) is 0 Å². The summed E-state index contributed by atoms with van der Waals surface area (Å²) in [6.07, 6.45) is 4.06. The predicted molar refractivity (Wildman–Crippen MR) is 86.6 cm³/mol. The molecule has 1 N–H and O–H groups in total. The minimum atomic E-state index is 0.740. The second-order valence-corrected chi connectivity index (χ2v) is 6.85. The van der Waals surface area contributed by atoms with Crippen LogP contribution in [0.1, 0.15) is 31.7 Å².